The van der Waals surface area contributed by atoms with Crippen molar-refractivity contribution in [1.29, 1.82) is 0 Å². The number of carbonyl (C=O) groups excluding carboxylic acids is 3. The fourth-order valence-corrected chi connectivity index (χ4v) is 2.45. The number of amides is 3. The third-order valence-electron chi connectivity index (χ3n) is 3.40. The van der Waals surface area contributed by atoms with E-state index >= 15 is 0 Å². The van der Waals surface area contributed by atoms with Crippen LogP contribution in [0.5, 0.6) is 0 Å². The molecule has 1 aromatic rings. The zero-order chi connectivity index (χ0) is 15.9. The summed E-state index contributed by atoms with van der Waals surface area (Å²) < 4.78 is 0. The van der Waals surface area contributed by atoms with Gasteiger partial charge in [-0.05, 0) is 31.4 Å². The molecule has 7 heteroatoms. The molecule has 118 valence electrons. The number of halogens is 1. The minimum absolute atomic E-state index is 0.178. The molecular formula is C15H18ClN3O3. The van der Waals surface area contributed by atoms with Gasteiger partial charge in [0.2, 0.25) is 11.8 Å². The van der Waals surface area contributed by atoms with Crippen LogP contribution in [-0.2, 0) is 9.59 Å². The molecule has 0 unspecified atom stereocenters. The van der Waals surface area contributed by atoms with Gasteiger partial charge in [0.15, 0.2) is 0 Å². The first-order chi connectivity index (χ1) is 10.6. The van der Waals surface area contributed by atoms with Crippen LogP contribution in [0.4, 0.5) is 0 Å². The second-order valence-corrected chi connectivity index (χ2v) is 5.48. The second-order valence-electron chi connectivity index (χ2n) is 5.07. The minimum Gasteiger partial charge on any atom is -0.354 e. The molecule has 1 aromatic carbocycles. The molecule has 0 spiro atoms. The summed E-state index contributed by atoms with van der Waals surface area (Å²) >= 11 is 5.91. The molecule has 2 rings (SSSR count). The Morgan fingerprint density at radius 1 is 1.27 bits per heavy atom. The number of carbonyl (C=O) groups is 3. The summed E-state index contributed by atoms with van der Waals surface area (Å²) in [6.07, 6.45) is 2.38. The lowest BCUT2D eigenvalue weighted by molar-refractivity contribution is -0.128. The fraction of sp³-hybridized carbons (Fsp3) is 0.400. The maximum atomic E-state index is 11.9. The Bertz CT molecular complexity index is 577. The lowest BCUT2D eigenvalue weighted by Crippen LogP contribution is -2.48. The van der Waals surface area contributed by atoms with E-state index in [1.54, 1.807) is 24.3 Å². The van der Waals surface area contributed by atoms with Crippen LogP contribution in [0.25, 0.3) is 0 Å². The molecule has 0 radical (unpaired) electrons. The highest BCUT2D eigenvalue weighted by Crippen LogP contribution is 2.14. The number of nitrogens with one attached hydrogen (secondary N) is 3. The molecule has 0 bridgehead atoms. The van der Waals surface area contributed by atoms with Gasteiger partial charge >= 0.3 is 0 Å². The highest BCUT2D eigenvalue weighted by atomic mass is 35.5. The van der Waals surface area contributed by atoms with Crippen LogP contribution < -0.4 is 16.0 Å². The molecule has 22 heavy (non-hydrogen) atoms. The van der Waals surface area contributed by atoms with E-state index in [0.717, 1.165) is 12.8 Å². The highest BCUT2D eigenvalue weighted by Gasteiger charge is 2.22. The van der Waals surface area contributed by atoms with Crippen molar-refractivity contribution in [2.24, 2.45) is 0 Å². The van der Waals surface area contributed by atoms with E-state index in [0.29, 0.717) is 23.6 Å². The third-order valence-corrected chi connectivity index (χ3v) is 3.73. The molecule has 0 aliphatic carbocycles. The van der Waals surface area contributed by atoms with Crippen molar-refractivity contribution in [1.82, 2.24) is 16.0 Å². The SMILES string of the molecule is O=C(CNC(=O)c1ccccc1Cl)N[C@H]1CCCCNC1=O. The van der Waals surface area contributed by atoms with Crippen molar-refractivity contribution in [3.05, 3.63) is 34.9 Å². The van der Waals surface area contributed by atoms with Crippen molar-refractivity contribution in [3.63, 3.8) is 0 Å². The van der Waals surface area contributed by atoms with Gasteiger partial charge in [-0.2, -0.15) is 0 Å². The van der Waals surface area contributed by atoms with Gasteiger partial charge in [-0.1, -0.05) is 23.7 Å². The van der Waals surface area contributed by atoms with Crippen LogP contribution in [0.3, 0.4) is 0 Å². The summed E-state index contributed by atoms with van der Waals surface area (Å²) in [7, 11) is 0. The van der Waals surface area contributed by atoms with Crippen LogP contribution in [0, 0.1) is 0 Å². The first-order valence-electron chi connectivity index (χ1n) is 7.17. The number of hydrogen-bond donors (Lipinski definition) is 3. The normalized spacial score (nSPS) is 18.0. The smallest absolute Gasteiger partial charge is 0.253 e. The average molecular weight is 324 g/mol. The Hall–Kier alpha value is -2.08. The number of hydrogen-bond acceptors (Lipinski definition) is 3. The number of benzene rings is 1. The van der Waals surface area contributed by atoms with E-state index < -0.39 is 17.9 Å². The summed E-state index contributed by atoms with van der Waals surface area (Å²) in [5.41, 5.74) is 0.309. The van der Waals surface area contributed by atoms with Crippen LogP contribution >= 0.6 is 11.6 Å². The van der Waals surface area contributed by atoms with Crippen LogP contribution in [0.1, 0.15) is 29.6 Å². The van der Waals surface area contributed by atoms with E-state index in [1.165, 1.54) is 0 Å². The Labute approximate surface area is 133 Å². The van der Waals surface area contributed by atoms with Crippen molar-refractivity contribution in [2.75, 3.05) is 13.1 Å². The Morgan fingerprint density at radius 3 is 2.82 bits per heavy atom. The van der Waals surface area contributed by atoms with E-state index in [-0.39, 0.29) is 12.5 Å². The molecule has 1 aliphatic rings. The largest absolute Gasteiger partial charge is 0.354 e. The molecule has 0 aromatic heterocycles. The maximum Gasteiger partial charge on any atom is 0.253 e. The molecular weight excluding hydrogens is 306 g/mol. The topological polar surface area (TPSA) is 87.3 Å². The van der Waals surface area contributed by atoms with Gasteiger partial charge in [0.25, 0.3) is 5.91 Å². The maximum absolute atomic E-state index is 11.9. The zero-order valence-corrected chi connectivity index (χ0v) is 12.8. The van der Waals surface area contributed by atoms with Gasteiger partial charge in [-0.25, -0.2) is 0 Å². The molecule has 1 saturated heterocycles. The van der Waals surface area contributed by atoms with Gasteiger partial charge in [-0.15, -0.1) is 0 Å². The van der Waals surface area contributed by atoms with Crippen molar-refractivity contribution >= 4 is 29.3 Å². The zero-order valence-electron chi connectivity index (χ0n) is 12.0. The van der Waals surface area contributed by atoms with E-state index in [1.807, 2.05) is 0 Å². The van der Waals surface area contributed by atoms with Gasteiger partial charge < -0.3 is 16.0 Å². The van der Waals surface area contributed by atoms with E-state index in [9.17, 15) is 14.4 Å². The quantitative estimate of drug-likeness (QED) is 0.768. The van der Waals surface area contributed by atoms with Crippen LogP contribution in [0.2, 0.25) is 5.02 Å². The molecule has 1 atom stereocenters. The Balaban J connectivity index is 1.83. The fourth-order valence-electron chi connectivity index (χ4n) is 2.22. The lowest BCUT2D eigenvalue weighted by Gasteiger charge is -2.15. The summed E-state index contributed by atoms with van der Waals surface area (Å²) in [5, 5.41) is 8.19. The molecule has 1 heterocycles. The monoisotopic (exact) mass is 323 g/mol. The average Bonchev–Trinajstić information content (AvgIpc) is 2.70. The Kier molecular flexibility index (Phi) is 5.77. The summed E-state index contributed by atoms with van der Waals surface area (Å²) in [6.45, 7) is 0.433. The molecule has 1 fully saturated rings. The molecule has 3 N–H and O–H groups in total. The molecule has 3 amide bonds. The Morgan fingerprint density at radius 2 is 2.05 bits per heavy atom. The van der Waals surface area contributed by atoms with E-state index in [4.69, 9.17) is 11.6 Å². The molecule has 1 aliphatic heterocycles. The van der Waals surface area contributed by atoms with Gasteiger partial charge in [0.05, 0.1) is 17.1 Å². The van der Waals surface area contributed by atoms with Crippen molar-refractivity contribution < 1.29 is 14.4 Å². The lowest BCUT2D eigenvalue weighted by atomic mass is 10.1. The predicted molar refractivity (Wildman–Crippen MR) is 82.6 cm³/mol. The van der Waals surface area contributed by atoms with Crippen molar-refractivity contribution in [3.8, 4) is 0 Å². The van der Waals surface area contributed by atoms with Gasteiger partial charge in [0.1, 0.15) is 6.04 Å². The van der Waals surface area contributed by atoms with Gasteiger partial charge in [-0.3, -0.25) is 14.4 Å². The van der Waals surface area contributed by atoms with Crippen LogP contribution in [-0.4, -0.2) is 36.9 Å². The summed E-state index contributed by atoms with van der Waals surface area (Å²) in [4.78, 5) is 35.5. The third kappa shape index (κ3) is 4.46. The van der Waals surface area contributed by atoms with Crippen LogP contribution in [0.15, 0.2) is 24.3 Å². The molecule has 0 saturated carbocycles. The predicted octanol–water partition coefficient (Wildman–Crippen LogP) is 0.855. The van der Waals surface area contributed by atoms with Crippen molar-refractivity contribution in [2.45, 2.75) is 25.3 Å². The summed E-state index contributed by atoms with van der Waals surface area (Å²) in [5.74, 6) is -1.00. The van der Waals surface area contributed by atoms with Gasteiger partial charge in [0, 0.05) is 6.54 Å². The second kappa shape index (κ2) is 7.79. The summed E-state index contributed by atoms with van der Waals surface area (Å²) in [6, 6.07) is 6.06. The molecule has 6 nitrogen and oxygen atoms in total. The van der Waals surface area contributed by atoms with E-state index in [2.05, 4.69) is 16.0 Å². The minimum atomic E-state index is -0.535. The number of rotatable bonds is 4. The first kappa shape index (κ1) is 16.3. The highest BCUT2D eigenvalue weighted by molar-refractivity contribution is 6.33. The standard InChI is InChI=1S/C15H18ClN3O3/c16-11-6-2-1-5-10(11)14(21)18-9-13(20)19-12-7-3-4-8-17-15(12)22/h1-2,5-6,12H,3-4,7-9H2,(H,17,22)(H,18,21)(H,19,20)/t12-/m0/s1. The first-order valence-corrected chi connectivity index (χ1v) is 7.55.